The number of carbonyl (C=O) groups excluding carboxylic acids is 1. The Kier molecular flexibility index (Phi) is 5.28. The van der Waals surface area contributed by atoms with Crippen LogP contribution in [0.2, 0.25) is 0 Å². The van der Waals surface area contributed by atoms with E-state index >= 15 is 0 Å². The molecule has 1 aromatic heterocycles. The SMILES string of the molecule is CCN[C@H](C)CNC(=O)c1scnc1C(C)(C)C. The van der Waals surface area contributed by atoms with Gasteiger partial charge in [-0.15, -0.1) is 11.3 Å². The van der Waals surface area contributed by atoms with Crippen LogP contribution in [-0.2, 0) is 5.41 Å². The summed E-state index contributed by atoms with van der Waals surface area (Å²) < 4.78 is 0. The fourth-order valence-corrected chi connectivity index (χ4v) is 2.60. The van der Waals surface area contributed by atoms with Gasteiger partial charge in [-0.25, -0.2) is 4.98 Å². The maximum Gasteiger partial charge on any atom is 0.263 e. The molecule has 1 heterocycles. The highest BCUT2D eigenvalue weighted by molar-refractivity contribution is 7.11. The summed E-state index contributed by atoms with van der Waals surface area (Å²) in [5.41, 5.74) is 2.52. The lowest BCUT2D eigenvalue weighted by atomic mass is 9.91. The van der Waals surface area contributed by atoms with Crippen LogP contribution >= 0.6 is 11.3 Å². The summed E-state index contributed by atoms with van der Waals surface area (Å²) >= 11 is 1.41. The zero-order valence-corrected chi connectivity index (χ0v) is 12.6. The van der Waals surface area contributed by atoms with Gasteiger partial charge < -0.3 is 10.6 Å². The molecule has 18 heavy (non-hydrogen) atoms. The van der Waals surface area contributed by atoms with Crippen molar-refractivity contribution in [1.29, 1.82) is 0 Å². The van der Waals surface area contributed by atoms with Gasteiger partial charge in [0.2, 0.25) is 0 Å². The summed E-state index contributed by atoms with van der Waals surface area (Å²) in [7, 11) is 0. The second kappa shape index (κ2) is 6.29. The van der Waals surface area contributed by atoms with E-state index in [0.29, 0.717) is 6.54 Å². The van der Waals surface area contributed by atoms with Gasteiger partial charge in [-0.2, -0.15) is 0 Å². The second-order valence-corrected chi connectivity index (χ2v) is 6.30. The molecular weight excluding hydrogens is 246 g/mol. The first-order valence-corrected chi connectivity index (χ1v) is 7.19. The third-order valence-corrected chi connectivity index (χ3v) is 3.43. The monoisotopic (exact) mass is 269 g/mol. The molecule has 102 valence electrons. The zero-order chi connectivity index (χ0) is 13.8. The molecule has 0 saturated heterocycles. The molecule has 0 aliphatic heterocycles. The minimum Gasteiger partial charge on any atom is -0.350 e. The van der Waals surface area contributed by atoms with Crippen molar-refractivity contribution < 1.29 is 4.79 Å². The van der Waals surface area contributed by atoms with Crippen molar-refractivity contribution in [3.63, 3.8) is 0 Å². The van der Waals surface area contributed by atoms with E-state index in [0.717, 1.165) is 17.1 Å². The fraction of sp³-hybridized carbons (Fsp3) is 0.692. The molecule has 1 rings (SSSR count). The molecule has 0 radical (unpaired) electrons. The van der Waals surface area contributed by atoms with Crippen molar-refractivity contribution in [2.75, 3.05) is 13.1 Å². The summed E-state index contributed by atoms with van der Waals surface area (Å²) in [6.07, 6.45) is 0. The van der Waals surface area contributed by atoms with Crippen LogP contribution in [0.4, 0.5) is 0 Å². The normalized spacial score (nSPS) is 13.4. The van der Waals surface area contributed by atoms with Crippen molar-refractivity contribution in [3.05, 3.63) is 16.1 Å². The van der Waals surface area contributed by atoms with Gasteiger partial charge in [-0.3, -0.25) is 4.79 Å². The maximum absolute atomic E-state index is 12.1. The van der Waals surface area contributed by atoms with E-state index in [9.17, 15) is 4.79 Å². The first kappa shape index (κ1) is 15.1. The van der Waals surface area contributed by atoms with Gasteiger partial charge in [0.1, 0.15) is 4.88 Å². The lowest BCUT2D eigenvalue weighted by Crippen LogP contribution is -2.39. The topological polar surface area (TPSA) is 54.0 Å². The van der Waals surface area contributed by atoms with E-state index in [1.54, 1.807) is 5.51 Å². The first-order chi connectivity index (χ1) is 8.36. The summed E-state index contributed by atoms with van der Waals surface area (Å²) in [5, 5.41) is 6.22. The first-order valence-electron chi connectivity index (χ1n) is 6.31. The average Bonchev–Trinajstić information content (AvgIpc) is 2.74. The molecule has 0 spiro atoms. The Balaban J connectivity index is 2.65. The Labute approximate surface area is 113 Å². The summed E-state index contributed by atoms with van der Waals surface area (Å²) in [5.74, 6) is -0.0211. The molecule has 0 bridgehead atoms. The molecule has 0 aliphatic carbocycles. The summed E-state index contributed by atoms with van der Waals surface area (Å²) in [4.78, 5) is 17.2. The van der Waals surface area contributed by atoms with Gasteiger partial charge >= 0.3 is 0 Å². The standard InChI is InChI=1S/C13H23N3OS/c1-6-14-9(2)7-15-12(17)10-11(13(3,4)5)16-8-18-10/h8-9,14H,6-7H2,1-5H3,(H,15,17)/t9-/m1/s1. The van der Waals surface area contributed by atoms with Gasteiger partial charge in [0, 0.05) is 18.0 Å². The van der Waals surface area contributed by atoms with Crippen molar-refractivity contribution >= 4 is 17.2 Å². The molecule has 1 atom stereocenters. The molecule has 0 fully saturated rings. The van der Waals surface area contributed by atoms with Crippen LogP contribution in [0, 0.1) is 0 Å². The zero-order valence-electron chi connectivity index (χ0n) is 11.8. The molecule has 1 aromatic rings. The quantitative estimate of drug-likeness (QED) is 0.861. The molecule has 0 aromatic carbocycles. The van der Waals surface area contributed by atoms with Gasteiger partial charge in [0.15, 0.2) is 0 Å². The van der Waals surface area contributed by atoms with Crippen molar-refractivity contribution in [3.8, 4) is 0 Å². The van der Waals surface area contributed by atoms with Crippen molar-refractivity contribution in [2.45, 2.75) is 46.1 Å². The van der Waals surface area contributed by atoms with E-state index < -0.39 is 0 Å². The Morgan fingerprint density at radius 2 is 2.17 bits per heavy atom. The third kappa shape index (κ3) is 4.07. The van der Waals surface area contributed by atoms with E-state index in [1.165, 1.54) is 11.3 Å². The number of nitrogens with one attached hydrogen (secondary N) is 2. The van der Waals surface area contributed by atoms with Crippen LogP contribution in [0.25, 0.3) is 0 Å². The van der Waals surface area contributed by atoms with Gasteiger partial charge in [-0.05, 0) is 13.5 Å². The van der Waals surface area contributed by atoms with Crippen LogP contribution in [0.3, 0.4) is 0 Å². The summed E-state index contributed by atoms with van der Waals surface area (Å²) in [6, 6.07) is 0.282. The minimum absolute atomic E-state index is 0.0211. The number of likely N-dealkylation sites (N-methyl/N-ethyl adjacent to an activating group) is 1. The number of hydrogen-bond donors (Lipinski definition) is 2. The molecule has 5 heteroatoms. The number of hydrogen-bond acceptors (Lipinski definition) is 4. The molecular formula is C13H23N3OS. The Morgan fingerprint density at radius 3 is 2.72 bits per heavy atom. The number of aromatic nitrogens is 1. The summed E-state index contributed by atoms with van der Waals surface area (Å²) in [6.45, 7) is 11.9. The van der Waals surface area contributed by atoms with E-state index in [2.05, 4.69) is 50.2 Å². The highest BCUT2D eigenvalue weighted by atomic mass is 32.1. The molecule has 4 nitrogen and oxygen atoms in total. The van der Waals surface area contributed by atoms with Crippen molar-refractivity contribution in [1.82, 2.24) is 15.6 Å². The molecule has 0 saturated carbocycles. The van der Waals surface area contributed by atoms with Gasteiger partial charge in [0.25, 0.3) is 5.91 Å². The molecule has 1 amide bonds. The fourth-order valence-electron chi connectivity index (χ4n) is 1.69. The predicted octanol–water partition coefficient (Wildman–Crippen LogP) is 2.17. The predicted molar refractivity (Wildman–Crippen MR) is 76.3 cm³/mol. The number of nitrogens with zero attached hydrogens (tertiary/aromatic N) is 1. The number of rotatable bonds is 5. The largest absolute Gasteiger partial charge is 0.350 e. The van der Waals surface area contributed by atoms with Gasteiger partial charge in [0.05, 0.1) is 11.2 Å². The Bertz CT molecular complexity index is 395. The van der Waals surface area contributed by atoms with Crippen molar-refractivity contribution in [2.24, 2.45) is 0 Å². The Hall–Kier alpha value is -0.940. The van der Waals surface area contributed by atoms with Crippen LogP contribution in [0.5, 0.6) is 0 Å². The van der Waals surface area contributed by atoms with E-state index in [-0.39, 0.29) is 17.4 Å². The van der Waals surface area contributed by atoms with E-state index in [4.69, 9.17) is 0 Å². The lowest BCUT2D eigenvalue weighted by Gasteiger charge is -2.18. The van der Waals surface area contributed by atoms with Crippen LogP contribution in [0.1, 0.15) is 50.0 Å². The molecule has 0 aliphatic rings. The maximum atomic E-state index is 12.1. The minimum atomic E-state index is -0.0973. The third-order valence-electron chi connectivity index (χ3n) is 2.61. The van der Waals surface area contributed by atoms with Crippen LogP contribution < -0.4 is 10.6 Å². The molecule has 0 unspecified atom stereocenters. The number of amides is 1. The second-order valence-electron chi connectivity index (χ2n) is 5.45. The number of thiazole rings is 1. The Morgan fingerprint density at radius 1 is 1.50 bits per heavy atom. The number of carbonyl (C=O) groups is 1. The van der Waals surface area contributed by atoms with E-state index in [1.807, 2.05) is 0 Å². The molecule has 2 N–H and O–H groups in total. The van der Waals surface area contributed by atoms with Crippen LogP contribution in [0.15, 0.2) is 5.51 Å². The van der Waals surface area contributed by atoms with Gasteiger partial charge in [-0.1, -0.05) is 27.7 Å². The average molecular weight is 269 g/mol. The lowest BCUT2D eigenvalue weighted by molar-refractivity contribution is 0.0952. The van der Waals surface area contributed by atoms with Crippen LogP contribution in [-0.4, -0.2) is 30.0 Å². The highest BCUT2D eigenvalue weighted by Crippen LogP contribution is 2.26. The highest BCUT2D eigenvalue weighted by Gasteiger charge is 2.24. The smallest absolute Gasteiger partial charge is 0.263 e.